The van der Waals surface area contributed by atoms with Gasteiger partial charge in [-0.3, -0.25) is 0 Å². The van der Waals surface area contributed by atoms with Crippen molar-refractivity contribution in [2.24, 2.45) is 0 Å². The molecule has 0 aliphatic rings. The average molecular weight is 267 g/mol. The summed E-state index contributed by atoms with van der Waals surface area (Å²) in [6.45, 7) is 1.16. The Morgan fingerprint density at radius 1 is 0.842 bits per heavy atom. The molecule has 0 spiro atoms. The van der Waals surface area contributed by atoms with Crippen LogP contribution in [-0.2, 0) is 0 Å². The quantitative estimate of drug-likeness (QED) is 0.749. The summed E-state index contributed by atoms with van der Waals surface area (Å²) in [5.41, 5.74) is 6.49. The van der Waals surface area contributed by atoms with Gasteiger partial charge in [-0.1, -0.05) is 48.5 Å². The predicted octanol–water partition coefficient (Wildman–Crippen LogP) is 4.62. The highest BCUT2D eigenvalue weighted by atomic mass is 19.4. The normalized spacial score (nSPS) is 12.2. The Balaban J connectivity index is 0.000000218. The Kier molecular flexibility index (Phi) is 5.42. The number of hydrogen-bond donors (Lipinski definition) is 1. The van der Waals surface area contributed by atoms with Crippen molar-refractivity contribution >= 4 is 5.69 Å². The molecule has 0 radical (unpaired) electrons. The third kappa shape index (κ3) is 5.46. The van der Waals surface area contributed by atoms with Crippen molar-refractivity contribution < 1.29 is 13.2 Å². The van der Waals surface area contributed by atoms with E-state index in [0.717, 1.165) is 12.6 Å². The van der Waals surface area contributed by atoms with Gasteiger partial charge < -0.3 is 5.73 Å². The molecule has 2 aromatic rings. The van der Waals surface area contributed by atoms with Crippen LogP contribution in [0.1, 0.15) is 18.4 Å². The minimum absolute atomic E-state index is 0.310. The third-order valence-electron chi connectivity index (χ3n) is 2.59. The number of anilines is 1. The van der Waals surface area contributed by atoms with Crippen molar-refractivity contribution in [3.8, 4) is 0 Å². The molecular weight excluding hydrogens is 251 g/mol. The Hall–Kier alpha value is -1.97. The molecule has 0 bridgehead atoms. The van der Waals surface area contributed by atoms with Gasteiger partial charge in [-0.05, 0) is 24.6 Å². The van der Waals surface area contributed by atoms with E-state index in [2.05, 4.69) is 0 Å². The van der Waals surface area contributed by atoms with Crippen LogP contribution in [0.5, 0.6) is 0 Å². The molecule has 19 heavy (non-hydrogen) atoms. The standard InChI is InChI=1S/C9H9F3.C6H7N/c1-7(9(10,11)12)8-5-3-2-4-6-8;7-6-4-2-1-3-5-6/h2-7H,1H3;1-5H,7H2. The number of nitrogens with two attached hydrogens (primary N) is 1. The van der Waals surface area contributed by atoms with Gasteiger partial charge in [0.05, 0.1) is 5.92 Å². The SMILES string of the molecule is CC(c1ccccc1)C(F)(F)F.Nc1ccccc1. The second kappa shape index (κ2) is 6.83. The first kappa shape index (κ1) is 15.1. The summed E-state index contributed by atoms with van der Waals surface area (Å²) in [4.78, 5) is 0. The highest BCUT2D eigenvalue weighted by molar-refractivity contribution is 5.35. The number of para-hydroxylation sites is 1. The summed E-state index contributed by atoms with van der Waals surface area (Å²) in [7, 11) is 0. The van der Waals surface area contributed by atoms with E-state index < -0.39 is 12.1 Å². The molecule has 0 saturated carbocycles. The van der Waals surface area contributed by atoms with Crippen molar-refractivity contribution in [2.45, 2.75) is 19.0 Å². The molecule has 102 valence electrons. The van der Waals surface area contributed by atoms with Crippen molar-refractivity contribution in [3.63, 3.8) is 0 Å². The molecule has 1 nitrogen and oxygen atoms in total. The van der Waals surface area contributed by atoms with E-state index in [1.807, 2.05) is 30.3 Å². The van der Waals surface area contributed by atoms with Crippen molar-refractivity contribution in [3.05, 3.63) is 66.2 Å². The molecule has 0 aliphatic heterocycles. The molecule has 4 heteroatoms. The first-order valence-corrected chi connectivity index (χ1v) is 5.83. The number of halogens is 3. The Labute approximate surface area is 110 Å². The molecule has 0 aromatic heterocycles. The zero-order valence-corrected chi connectivity index (χ0v) is 10.6. The first-order valence-electron chi connectivity index (χ1n) is 5.83. The summed E-state index contributed by atoms with van der Waals surface area (Å²) in [6, 6.07) is 17.4. The van der Waals surface area contributed by atoms with Crippen LogP contribution < -0.4 is 5.73 Å². The molecule has 0 amide bonds. The Morgan fingerprint density at radius 2 is 1.26 bits per heavy atom. The van der Waals surface area contributed by atoms with Gasteiger partial charge in [-0.2, -0.15) is 13.2 Å². The molecule has 2 rings (SSSR count). The zero-order valence-electron chi connectivity index (χ0n) is 10.6. The fourth-order valence-corrected chi connectivity index (χ4v) is 1.38. The van der Waals surface area contributed by atoms with Gasteiger partial charge in [0.15, 0.2) is 0 Å². The molecule has 1 unspecified atom stereocenters. The highest BCUT2D eigenvalue weighted by Crippen LogP contribution is 2.33. The first-order chi connectivity index (χ1) is 8.91. The van der Waals surface area contributed by atoms with Crippen LogP contribution in [0.25, 0.3) is 0 Å². The summed E-state index contributed by atoms with van der Waals surface area (Å²) in [6.07, 6.45) is -4.14. The molecule has 0 heterocycles. The van der Waals surface area contributed by atoms with Crippen LogP contribution >= 0.6 is 0 Å². The molecule has 1 atom stereocenters. The van der Waals surface area contributed by atoms with Crippen LogP contribution in [0.3, 0.4) is 0 Å². The highest BCUT2D eigenvalue weighted by Gasteiger charge is 2.36. The van der Waals surface area contributed by atoms with Crippen molar-refractivity contribution in [1.29, 1.82) is 0 Å². The monoisotopic (exact) mass is 267 g/mol. The molecule has 2 aromatic carbocycles. The summed E-state index contributed by atoms with van der Waals surface area (Å²) in [5, 5.41) is 0. The number of benzene rings is 2. The van der Waals surface area contributed by atoms with Crippen LogP contribution in [0.15, 0.2) is 60.7 Å². The number of alkyl halides is 3. The van der Waals surface area contributed by atoms with Crippen LogP contribution in [-0.4, -0.2) is 6.18 Å². The van der Waals surface area contributed by atoms with Gasteiger partial charge in [0, 0.05) is 5.69 Å². The summed E-state index contributed by atoms with van der Waals surface area (Å²) >= 11 is 0. The van der Waals surface area contributed by atoms with Crippen LogP contribution in [0.2, 0.25) is 0 Å². The van der Waals surface area contributed by atoms with E-state index >= 15 is 0 Å². The van der Waals surface area contributed by atoms with E-state index in [4.69, 9.17) is 5.73 Å². The van der Waals surface area contributed by atoms with Gasteiger partial charge >= 0.3 is 6.18 Å². The number of rotatable bonds is 1. The lowest BCUT2D eigenvalue weighted by Gasteiger charge is -2.15. The van der Waals surface area contributed by atoms with Crippen LogP contribution in [0.4, 0.5) is 18.9 Å². The van der Waals surface area contributed by atoms with E-state index in [0.29, 0.717) is 5.56 Å². The minimum Gasteiger partial charge on any atom is -0.399 e. The van der Waals surface area contributed by atoms with E-state index in [1.165, 1.54) is 12.1 Å². The topological polar surface area (TPSA) is 26.0 Å². The predicted molar refractivity (Wildman–Crippen MR) is 71.8 cm³/mol. The second-order valence-corrected chi connectivity index (χ2v) is 4.08. The van der Waals surface area contributed by atoms with Gasteiger partial charge in [-0.15, -0.1) is 0 Å². The van der Waals surface area contributed by atoms with E-state index in [-0.39, 0.29) is 0 Å². The Bertz CT molecular complexity index is 466. The van der Waals surface area contributed by atoms with Gasteiger partial charge in [0.2, 0.25) is 0 Å². The smallest absolute Gasteiger partial charge is 0.395 e. The second-order valence-electron chi connectivity index (χ2n) is 4.08. The fraction of sp³-hybridized carbons (Fsp3) is 0.200. The minimum atomic E-state index is -4.14. The van der Waals surface area contributed by atoms with Crippen molar-refractivity contribution in [2.75, 3.05) is 5.73 Å². The summed E-state index contributed by atoms with van der Waals surface area (Å²) < 4.78 is 36.4. The van der Waals surface area contributed by atoms with Gasteiger partial charge in [-0.25, -0.2) is 0 Å². The molecule has 0 fully saturated rings. The van der Waals surface area contributed by atoms with Gasteiger partial charge in [0.1, 0.15) is 0 Å². The maximum atomic E-state index is 12.1. The maximum Gasteiger partial charge on any atom is 0.395 e. The number of nitrogen functional groups attached to an aromatic ring is 1. The largest absolute Gasteiger partial charge is 0.399 e. The lowest BCUT2D eigenvalue weighted by Crippen LogP contribution is -2.17. The molecule has 0 aliphatic carbocycles. The zero-order chi connectivity index (χ0) is 14.3. The fourth-order valence-electron chi connectivity index (χ4n) is 1.38. The molecule has 0 saturated heterocycles. The maximum absolute atomic E-state index is 12.1. The average Bonchev–Trinajstić information content (AvgIpc) is 2.39. The van der Waals surface area contributed by atoms with Crippen LogP contribution in [0, 0.1) is 0 Å². The molecule has 2 N–H and O–H groups in total. The Morgan fingerprint density at radius 3 is 1.58 bits per heavy atom. The molecular formula is C15H16F3N. The number of hydrogen-bond acceptors (Lipinski definition) is 1. The van der Waals surface area contributed by atoms with E-state index in [9.17, 15) is 13.2 Å². The lowest BCUT2D eigenvalue weighted by atomic mass is 10.0. The van der Waals surface area contributed by atoms with Crippen molar-refractivity contribution in [1.82, 2.24) is 0 Å². The third-order valence-corrected chi connectivity index (χ3v) is 2.59. The van der Waals surface area contributed by atoms with E-state index in [1.54, 1.807) is 18.2 Å². The van der Waals surface area contributed by atoms with Gasteiger partial charge in [0.25, 0.3) is 0 Å². The summed E-state index contributed by atoms with van der Waals surface area (Å²) in [5.74, 6) is -1.38. The lowest BCUT2D eigenvalue weighted by molar-refractivity contribution is -0.146.